The molecule has 0 unspecified atom stereocenters. The van der Waals surface area contributed by atoms with Crippen molar-refractivity contribution in [3.8, 4) is 0 Å². The molecule has 0 fully saturated rings. The lowest BCUT2D eigenvalue weighted by atomic mass is 10.1. The lowest BCUT2D eigenvalue weighted by Crippen LogP contribution is -2.46. The summed E-state index contributed by atoms with van der Waals surface area (Å²) in [6.45, 7) is 13.5. The van der Waals surface area contributed by atoms with E-state index < -0.39 is 8.07 Å². The Labute approximate surface area is 122 Å². The second-order valence-electron chi connectivity index (χ2n) is 6.10. The minimum atomic E-state index is -1.60. The summed E-state index contributed by atoms with van der Waals surface area (Å²) < 4.78 is 0. The molecule has 0 bridgehead atoms. The van der Waals surface area contributed by atoms with Crippen LogP contribution in [-0.2, 0) is 0 Å². The molecule has 0 heterocycles. The zero-order valence-electron chi connectivity index (χ0n) is 12.7. The van der Waals surface area contributed by atoms with Gasteiger partial charge in [0.05, 0.1) is 18.7 Å². The van der Waals surface area contributed by atoms with Crippen LogP contribution < -0.4 is 5.19 Å². The molecule has 1 amide bonds. The Morgan fingerprint density at radius 1 is 1.32 bits per heavy atom. The first-order valence-electron chi connectivity index (χ1n) is 6.80. The van der Waals surface area contributed by atoms with Gasteiger partial charge in [-0.2, -0.15) is 0 Å². The Morgan fingerprint density at radius 2 is 1.89 bits per heavy atom. The third-order valence-corrected chi connectivity index (χ3v) is 5.61. The van der Waals surface area contributed by atoms with E-state index in [1.54, 1.807) is 0 Å². The zero-order chi connectivity index (χ0) is 14.8. The molecular formula is C15H24ClNOSi. The Kier molecular flexibility index (Phi) is 5.22. The number of amides is 1. The van der Waals surface area contributed by atoms with Gasteiger partial charge in [0.25, 0.3) is 5.91 Å². The van der Waals surface area contributed by atoms with E-state index in [9.17, 15) is 4.79 Å². The van der Waals surface area contributed by atoms with Crippen LogP contribution >= 0.6 is 11.6 Å². The van der Waals surface area contributed by atoms with Crippen molar-refractivity contribution in [3.63, 3.8) is 0 Å². The molecule has 0 aromatic heterocycles. The number of nitrogens with zero attached hydrogens (tertiary/aromatic N) is 1. The number of rotatable bonds is 4. The van der Waals surface area contributed by atoms with Crippen molar-refractivity contribution < 1.29 is 4.79 Å². The number of hydrogen-bond acceptors (Lipinski definition) is 1. The standard InChI is InChI=1S/C15H24ClNOSi/c1-7-17(11(2)3)15(18)14-12(16)9-8-10-13(14)19(4,5)6/h8-11H,7H2,1-6H3. The predicted molar refractivity (Wildman–Crippen MR) is 86.3 cm³/mol. The quantitative estimate of drug-likeness (QED) is 0.775. The van der Waals surface area contributed by atoms with E-state index in [1.165, 1.54) is 0 Å². The van der Waals surface area contributed by atoms with E-state index in [0.29, 0.717) is 17.1 Å². The highest BCUT2D eigenvalue weighted by molar-refractivity contribution is 6.89. The van der Waals surface area contributed by atoms with Crippen LogP contribution in [-0.4, -0.2) is 31.5 Å². The van der Waals surface area contributed by atoms with Crippen LogP contribution in [0.3, 0.4) is 0 Å². The first-order valence-corrected chi connectivity index (χ1v) is 10.7. The summed E-state index contributed by atoms with van der Waals surface area (Å²) in [6, 6.07) is 5.99. The van der Waals surface area contributed by atoms with E-state index in [-0.39, 0.29) is 11.9 Å². The van der Waals surface area contributed by atoms with Gasteiger partial charge in [-0.15, -0.1) is 0 Å². The SMILES string of the molecule is CCN(C(=O)c1c(Cl)cccc1[Si](C)(C)C)C(C)C. The highest BCUT2D eigenvalue weighted by atomic mass is 35.5. The second-order valence-corrected chi connectivity index (χ2v) is 11.5. The molecule has 0 saturated heterocycles. The summed E-state index contributed by atoms with van der Waals surface area (Å²) in [5.41, 5.74) is 0.707. The van der Waals surface area contributed by atoms with E-state index in [1.807, 2.05) is 37.8 Å². The fourth-order valence-electron chi connectivity index (χ4n) is 2.25. The summed E-state index contributed by atoms with van der Waals surface area (Å²) in [4.78, 5) is 14.6. The van der Waals surface area contributed by atoms with Gasteiger partial charge in [0.15, 0.2) is 0 Å². The first-order chi connectivity index (χ1) is 8.70. The molecule has 0 aliphatic rings. The van der Waals surface area contributed by atoms with Crippen LogP contribution in [0.2, 0.25) is 24.7 Å². The van der Waals surface area contributed by atoms with E-state index in [2.05, 4.69) is 25.7 Å². The third kappa shape index (κ3) is 3.60. The maximum absolute atomic E-state index is 12.8. The summed E-state index contributed by atoms with van der Waals surface area (Å²) in [6.07, 6.45) is 0. The molecule has 1 rings (SSSR count). The maximum atomic E-state index is 12.8. The van der Waals surface area contributed by atoms with Gasteiger partial charge in [0.1, 0.15) is 0 Å². The zero-order valence-corrected chi connectivity index (χ0v) is 14.5. The van der Waals surface area contributed by atoms with Crippen LogP contribution in [0.15, 0.2) is 18.2 Å². The van der Waals surface area contributed by atoms with Crippen molar-refractivity contribution in [3.05, 3.63) is 28.8 Å². The second kappa shape index (κ2) is 6.10. The van der Waals surface area contributed by atoms with Crippen molar-refractivity contribution in [1.29, 1.82) is 0 Å². The predicted octanol–water partition coefficient (Wildman–Crippen LogP) is 3.76. The van der Waals surface area contributed by atoms with Crippen molar-refractivity contribution in [2.24, 2.45) is 0 Å². The van der Waals surface area contributed by atoms with Gasteiger partial charge in [-0.3, -0.25) is 4.79 Å². The van der Waals surface area contributed by atoms with Gasteiger partial charge in [0.2, 0.25) is 0 Å². The normalized spacial score (nSPS) is 11.8. The van der Waals surface area contributed by atoms with Crippen molar-refractivity contribution in [2.45, 2.75) is 46.5 Å². The number of carbonyl (C=O) groups excluding carboxylic acids is 1. The van der Waals surface area contributed by atoms with Crippen LogP contribution in [0.5, 0.6) is 0 Å². The average molecular weight is 298 g/mol. The fourth-order valence-corrected chi connectivity index (χ4v) is 4.18. The minimum Gasteiger partial charge on any atom is -0.336 e. The van der Waals surface area contributed by atoms with Crippen molar-refractivity contribution in [1.82, 2.24) is 4.90 Å². The largest absolute Gasteiger partial charge is 0.336 e. The lowest BCUT2D eigenvalue weighted by molar-refractivity contribution is 0.0718. The van der Waals surface area contributed by atoms with E-state index in [4.69, 9.17) is 11.6 Å². The Bertz CT molecular complexity index is 466. The number of halogens is 1. The molecule has 0 aliphatic carbocycles. The molecule has 0 spiro atoms. The van der Waals surface area contributed by atoms with Gasteiger partial charge in [-0.05, 0) is 32.0 Å². The van der Waals surface area contributed by atoms with Gasteiger partial charge < -0.3 is 4.90 Å². The monoisotopic (exact) mass is 297 g/mol. The molecule has 0 radical (unpaired) electrons. The van der Waals surface area contributed by atoms with Gasteiger partial charge in [0, 0.05) is 12.6 Å². The molecule has 0 aliphatic heterocycles. The Morgan fingerprint density at radius 3 is 2.32 bits per heavy atom. The molecule has 2 nitrogen and oxygen atoms in total. The minimum absolute atomic E-state index is 0.0560. The summed E-state index contributed by atoms with van der Waals surface area (Å²) in [5, 5.41) is 1.72. The van der Waals surface area contributed by atoms with E-state index >= 15 is 0 Å². The molecular weight excluding hydrogens is 274 g/mol. The van der Waals surface area contributed by atoms with Crippen molar-refractivity contribution >= 4 is 30.8 Å². The maximum Gasteiger partial charge on any atom is 0.255 e. The molecule has 19 heavy (non-hydrogen) atoms. The lowest BCUT2D eigenvalue weighted by Gasteiger charge is -2.29. The average Bonchev–Trinajstić information content (AvgIpc) is 2.27. The smallest absolute Gasteiger partial charge is 0.255 e. The molecule has 4 heteroatoms. The van der Waals surface area contributed by atoms with Crippen LogP contribution in [0.1, 0.15) is 31.1 Å². The summed E-state index contributed by atoms with van der Waals surface area (Å²) in [5.74, 6) is 0.0560. The first kappa shape index (κ1) is 16.3. The van der Waals surface area contributed by atoms with E-state index in [0.717, 1.165) is 5.19 Å². The summed E-state index contributed by atoms with van der Waals surface area (Å²) >= 11 is 6.31. The number of carbonyl (C=O) groups is 1. The molecule has 106 valence electrons. The Balaban J connectivity index is 3.37. The highest BCUT2D eigenvalue weighted by Crippen LogP contribution is 2.20. The number of hydrogen-bond donors (Lipinski definition) is 0. The highest BCUT2D eigenvalue weighted by Gasteiger charge is 2.28. The molecule has 0 saturated carbocycles. The van der Waals surface area contributed by atoms with Gasteiger partial charge in [-0.1, -0.05) is 43.4 Å². The third-order valence-electron chi connectivity index (χ3n) is 3.26. The fraction of sp³-hybridized carbons (Fsp3) is 0.533. The van der Waals surface area contributed by atoms with Crippen LogP contribution in [0.25, 0.3) is 0 Å². The summed E-state index contributed by atoms with van der Waals surface area (Å²) in [7, 11) is -1.60. The molecule has 1 aromatic carbocycles. The van der Waals surface area contributed by atoms with Crippen LogP contribution in [0, 0.1) is 0 Å². The molecule has 0 N–H and O–H groups in total. The number of benzene rings is 1. The van der Waals surface area contributed by atoms with Crippen molar-refractivity contribution in [2.75, 3.05) is 6.54 Å². The van der Waals surface area contributed by atoms with Gasteiger partial charge in [-0.25, -0.2) is 0 Å². The van der Waals surface area contributed by atoms with Gasteiger partial charge >= 0.3 is 0 Å². The topological polar surface area (TPSA) is 20.3 Å². The molecule has 1 aromatic rings. The molecule has 0 atom stereocenters. The van der Waals surface area contributed by atoms with Crippen LogP contribution in [0.4, 0.5) is 0 Å². The Hall–Kier alpha value is -0.803.